The van der Waals surface area contributed by atoms with Crippen molar-refractivity contribution >= 4 is 23.3 Å². The van der Waals surface area contributed by atoms with E-state index in [9.17, 15) is 0 Å². The topological polar surface area (TPSA) is 20.7 Å². The molecule has 1 heterocycles. The summed E-state index contributed by atoms with van der Waals surface area (Å²) in [5.41, 5.74) is 4.00. The lowest BCUT2D eigenvalue weighted by molar-refractivity contribution is 0.140. The molecule has 1 N–H and O–H groups in total. The molecule has 0 amide bonds. The highest BCUT2D eigenvalue weighted by Gasteiger charge is 2.38. The first-order chi connectivity index (χ1) is 8.16. The largest absolute Gasteiger partial charge is 0.331 e. The number of nitrogens with one attached hydrogen (secondary N) is 1. The van der Waals surface area contributed by atoms with Gasteiger partial charge in [0.25, 0.3) is 0 Å². The van der Waals surface area contributed by atoms with Crippen molar-refractivity contribution in [1.82, 2.24) is 9.55 Å². The van der Waals surface area contributed by atoms with Crippen LogP contribution in [0.5, 0.6) is 0 Å². The predicted octanol–water partition coefficient (Wildman–Crippen LogP) is 4.30. The molecule has 90 valence electrons. The summed E-state index contributed by atoms with van der Waals surface area (Å²) < 4.78 is 3.24. The Hall–Kier alpha value is -1.09. The number of nitrogens with zero attached hydrogens (tertiary/aromatic N) is 1. The molecular weight excluding hydrogens is 228 g/mol. The van der Waals surface area contributed by atoms with Crippen LogP contribution < -0.4 is 0 Å². The molecule has 1 aromatic carbocycles. The van der Waals surface area contributed by atoms with Gasteiger partial charge in [-0.15, -0.1) is 0 Å². The Bertz CT molecular complexity index is 611. The number of imidazole rings is 1. The van der Waals surface area contributed by atoms with Crippen LogP contribution in [0.15, 0.2) is 18.2 Å². The maximum atomic E-state index is 5.52. The van der Waals surface area contributed by atoms with Crippen molar-refractivity contribution in [2.75, 3.05) is 0 Å². The van der Waals surface area contributed by atoms with E-state index in [-0.39, 0.29) is 5.54 Å². The first kappa shape index (κ1) is 11.0. The molecule has 0 saturated heterocycles. The number of aromatic amines is 1. The lowest BCUT2D eigenvalue weighted by atomic mass is 9.74. The molecule has 17 heavy (non-hydrogen) atoms. The fraction of sp³-hybridized carbons (Fsp3) is 0.500. The fourth-order valence-electron chi connectivity index (χ4n) is 3.02. The van der Waals surface area contributed by atoms with Crippen molar-refractivity contribution in [1.29, 1.82) is 0 Å². The van der Waals surface area contributed by atoms with Gasteiger partial charge in [-0.3, -0.25) is 0 Å². The summed E-state index contributed by atoms with van der Waals surface area (Å²) in [6, 6.07) is 6.56. The summed E-state index contributed by atoms with van der Waals surface area (Å²) in [5.74, 6) is 0. The first-order valence-electron chi connectivity index (χ1n) is 6.38. The van der Waals surface area contributed by atoms with Gasteiger partial charge in [0, 0.05) is 5.54 Å². The smallest absolute Gasteiger partial charge is 0.178 e. The normalized spacial score (nSPS) is 18.2. The Morgan fingerprint density at radius 1 is 1.41 bits per heavy atom. The molecule has 1 saturated carbocycles. The average molecular weight is 246 g/mol. The quantitative estimate of drug-likeness (QED) is 0.784. The van der Waals surface area contributed by atoms with E-state index in [0.717, 1.165) is 4.77 Å². The van der Waals surface area contributed by atoms with Crippen LogP contribution in [-0.2, 0) is 5.54 Å². The van der Waals surface area contributed by atoms with E-state index in [2.05, 4.69) is 41.6 Å². The van der Waals surface area contributed by atoms with Crippen LogP contribution in [0.1, 0.15) is 38.2 Å². The maximum absolute atomic E-state index is 5.52. The van der Waals surface area contributed by atoms with Crippen LogP contribution >= 0.6 is 12.2 Å². The van der Waals surface area contributed by atoms with Gasteiger partial charge in [0.2, 0.25) is 0 Å². The number of rotatable bonds is 2. The second-order valence-electron chi connectivity index (χ2n) is 5.22. The number of aryl methyl sites for hydroxylation is 1. The van der Waals surface area contributed by atoms with Gasteiger partial charge in [-0.1, -0.05) is 13.0 Å². The van der Waals surface area contributed by atoms with E-state index >= 15 is 0 Å². The molecule has 0 aliphatic heterocycles. The highest BCUT2D eigenvalue weighted by molar-refractivity contribution is 7.71. The van der Waals surface area contributed by atoms with Crippen molar-refractivity contribution in [3.8, 4) is 0 Å². The Morgan fingerprint density at radius 2 is 2.18 bits per heavy atom. The molecule has 0 atom stereocenters. The number of H-pyrrole nitrogens is 1. The van der Waals surface area contributed by atoms with Crippen LogP contribution in [-0.4, -0.2) is 9.55 Å². The molecule has 2 aromatic rings. The third kappa shape index (κ3) is 1.48. The zero-order valence-electron chi connectivity index (χ0n) is 10.4. The van der Waals surface area contributed by atoms with Crippen molar-refractivity contribution in [2.24, 2.45) is 0 Å². The molecule has 1 aliphatic rings. The van der Waals surface area contributed by atoms with Gasteiger partial charge < -0.3 is 9.55 Å². The van der Waals surface area contributed by atoms with Crippen LogP contribution in [0.25, 0.3) is 11.0 Å². The highest BCUT2D eigenvalue weighted by Crippen LogP contribution is 2.43. The number of aromatic nitrogens is 2. The number of benzene rings is 1. The lowest BCUT2D eigenvalue weighted by Gasteiger charge is -2.43. The zero-order chi connectivity index (χ0) is 12.0. The van der Waals surface area contributed by atoms with Gasteiger partial charge in [0.05, 0.1) is 11.0 Å². The third-order valence-electron chi connectivity index (χ3n) is 4.25. The molecule has 1 fully saturated rings. The number of fused-ring (bicyclic) bond motifs is 1. The van der Waals surface area contributed by atoms with E-state index in [1.54, 1.807) is 0 Å². The minimum Gasteiger partial charge on any atom is -0.331 e. The summed E-state index contributed by atoms with van der Waals surface area (Å²) >= 11 is 5.52. The molecule has 3 heteroatoms. The van der Waals surface area contributed by atoms with Gasteiger partial charge in [0.1, 0.15) is 0 Å². The zero-order valence-corrected chi connectivity index (χ0v) is 11.2. The second kappa shape index (κ2) is 3.70. The number of hydrogen-bond acceptors (Lipinski definition) is 1. The molecule has 0 unspecified atom stereocenters. The van der Waals surface area contributed by atoms with Crippen LogP contribution in [0, 0.1) is 11.7 Å². The summed E-state index contributed by atoms with van der Waals surface area (Å²) in [6.07, 6.45) is 5.02. The lowest BCUT2D eigenvalue weighted by Crippen LogP contribution is -2.39. The highest BCUT2D eigenvalue weighted by atomic mass is 32.1. The summed E-state index contributed by atoms with van der Waals surface area (Å²) in [6.45, 7) is 4.39. The van der Waals surface area contributed by atoms with Gasteiger partial charge in [0.15, 0.2) is 4.77 Å². The molecular formula is C14H18N2S. The molecule has 3 rings (SSSR count). The Labute approximate surface area is 107 Å². The van der Waals surface area contributed by atoms with Crippen molar-refractivity contribution in [3.63, 3.8) is 0 Å². The first-order valence-corrected chi connectivity index (χ1v) is 6.79. The summed E-state index contributed by atoms with van der Waals surface area (Å²) in [7, 11) is 0. The minimum atomic E-state index is 0.282. The molecule has 2 nitrogen and oxygen atoms in total. The summed E-state index contributed by atoms with van der Waals surface area (Å²) in [4.78, 5) is 3.35. The Kier molecular flexibility index (Phi) is 2.40. The fourth-order valence-corrected chi connectivity index (χ4v) is 3.42. The Balaban J connectivity index is 2.29. The van der Waals surface area contributed by atoms with E-state index in [4.69, 9.17) is 12.2 Å². The summed E-state index contributed by atoms with van der Waals surface area (Å²) in [5, 5.41) is 0. The molecule has 0 radical (unpaired) electrons. The molecule has 1 aliphatic carbocycles. The van der Waals surface area contributed by atoms with Crippen molar-refractivity contribution < 1.29 is 0 Å². The van der Waals surface area contributed by atoms with Gasteiger partial charge >= 0.3 is 0 Å². The SMILES string of the molecule is CCC1(n2c(=S)[nH]c3cc(C)ccc32)CCC1. The minimum absolute atomic E-state index is 0.282. The standard InChI is InChI=1S/C14H18N2S/c1-3-14(7-4-8-14)16-12-6-5-10(2)9-11(12)15-13(16)17/h5-6,9H,3-4,7-8H2,1-2H3,(H,15,17). The van der Waals surface area contributed by atoms with Gasteiger partial charge in [-0.2, -0.15) is 0 Å². The van der Waals surface area contributed by atoms with Crippen LogP contribution in [0.4, 0.5) is 0 Å². The van der Waals surface area contributed by atoms with E-state index in [1.807, 2.05) is 0 Å². The van der Waals surface area contributed by atoms with Crippen LogP contribution in [0.2, 0.25) is 0 Å². The third-order valence-corrected chi connectivity index (χ3v) is 4.54. The average Bonchev–Trinajstić information content (AvgIpc) is 2.55. The monoisotopic (exact) mass is 246 g/mol. The van der Waals surface area contributed by atoms with Gasteiger partial charge in [-0.25, -0.2) is 0 Å². The van der Waals surface area contributed by atoms with E-state index in [1.165, 1.54) is 42.3 Å². The molecule has 0 spiro atoms. The van der Waals surface area contributed by atoms with E-state index < -0.39 is 0 Å². The Morgan fingerprint density at radius 3 is 2.76 bits per heavy atom. The second-order valence-corrected chi connectivity index (χ2v) is 5.60. The molecule has 0 bridgehead atoms. The van der Waals surface area contributed by atoms with Crippen molar-refractivity contribution in [2.45, 2.75) is 45.1 Å². The van der Waals surface area contributed by atoms with Gasteiger partial charge in [-0.05, 0) is 62.5 Å². The number of hydrogen-bond donors (Lipinski definition) is 1. The maximum Gasteiger partial charge on any atom is 0.178 e. The molecule has 1 aromatic heterocycles. The predicted molar refractivity (Wildman–Crippen MR) is 74.0 cm³/mol. The van der Waals surface area contributed by atoms with Crippen molar-refractivity contribution in [3.05, 3.63) is 28.5 Å². The van der Waals surface area contributed by atoms with Crippen LogP contribution in [0.3, 0.4) is 0 Å². The van der Waals surface area contributed by atoms with E-state index in [0.29, 0.717) is 0 Å².